The number of thiophene rings is 2. The summed E-state index contributed by atoms with van der Waals surface area (Å²) in [7, 11) is 0. The highest BCUT2D eigenvalue weighted by molar-refractivity contribution is 7.17. The summed E-state index contributed by atoms with van der Waals surface area (Å²) in [6.45, 7) is 2.52. The average molecular weight is 429 g/mol. The van der Waals surface area contributed by atoms with Gasteiger partial charge in [-0.1, -0.05) is 0 Å². The Bertz CT molecular complexity index is 1030. The summed E-state index contributed by atoms with van der Waals surface area (Å²) in [5.74, 6) is 0.422. The van der Waals surface area contributed by atoms with E-state index >= 15 is 0 Å². The second-order valence-electron chi connectivity index (χ2n) is 7.81. The van der Waals surface area contributed by atoms with Gasteiger partial charge in [0.1, 0.15) is 6.23 Å². The van der Waals surface area contributed by atoms with Crippen LogP contribution in [0.1, 0.15) is 35.4 Å². The molecule has 0 spiro atoms. The lowest BCUT2D eigenvalue weighted by atomic mass is 9.90. The fourth-order valence-electron chi connectivity index (χ4n) is 4.15. The summed E-state index contributed by atoms with van der Waals surface area (Å²) in [5.41, 5.74) is 8.07. The first-order valence-corrected chi connectivity index (χ1v) is 11.6. The molecule has 3 aromatic rings. The molecule has 1 unspecified atom stereocenters. The van der Waals surface area contributed by atoms with Gasteiger partial charge in [0.25, 0.3) is 0 Å². The number of carbonyl (C=O) groups excluding carboxylic acids is 1. The second kappa shape index (κ2) is 7.70. The topological polar surface area (TPSA) is 90.6 Å². The number of nitrogens with zero attached hydrogens (tertiary/aromatic N) is 1. The average Bonchev–Trinajstić information content (AvgIpc) is 3.41. The molecule has 5 N–H and O–H groups in total. The van der Waals surface area contributed by atoms with Gasteiger partial charge in [0.2, 0.25) is 5.91 Å². The van der Waals surface area contributed by atoms with Gasteiger partial charge in [-0.3, -0.25) is 9.69 Å². The number of aliphatic hydroxyl groups is 1. The number of nitrogens with one attached hydrogen (secondary N) is 2. The van der Waals surface area contributed by atoms with Crippen LogP contribution in [-0.4, -0.2) is 41.6 Å². The minimum absolute atomic E-state index is 0.0120. The van der Waals surface area contributed by atoms with Crippen molar-refractivity contribution in [2.45, 2.75) is 31.0 Å². The number of likely N-dealkylation sites (tertiary alicyclic amines) is 1. The molecule has 1 amide bonds. The van der Waals surface area contributed by atoms with E-state index in [1.54, 1.807) is 11.3 Å². The van der Waals surface area contributed by atoms with Crippen LogP contribution < -0.4 is 16.4 Å². The van der Waals surface area contributed by atoms with E-state index in [9.17, 15) is 9.90 Å². The van der Waals surface area contributed by atoms with Crippen LogP contribution in [0.3, 0.4) is 0 Å². The van der Waals surface area contributed by atoms with Gasteiger partial charge in [-0.2, -0.15) is 0 Å². The van der Waals surface area contributed by atoms with Crippen molar-refractivity contribution in [3.05, 3.63) is 46.2 Å². The molecule has 2 saturated heterocycles. The number of anilines is 2. The number of hydrogen-bond donors (Lipinski definition) is 4. The molecule has 2 atom stereocenters. The van der Waals surface area contributed by atoms with Crippen molar-refractivity contribution < 1.29 is 9.90 Å². The fourth-order valence-corrected chi connectivity index (χ4v) is 6.10. The van der Waals surface area contributed by atoms with E-state index in [1.807, 2.05) is 24.3 Å². The number of fused-ring (bicyclic) bond motifs is 1. The SMILES string of the molecule is Nc1ccc2scc(C3CN(C(O)c4ccc(NC(=O)[C@@H]5CCCN5)s4)C3)c2c1. The van der Waals surface area contributed by atoms with E-state index in [2.05, 4.69) is 27.0 Å². The molecule has 29 heavy (non-hydrogen) atoms. The molecule has 6 nitrogen and oxygen atoms in total. The Morgan fingerprint density at radius 3 is 2.97 bits per heavy atom. The molecule has 2 fully saturated rings. The number of hydrogen-bond acceptors (Lipinski definition) is 7. The van der Waals surface area contributed by atoms with Crippen LogP contribution in [0.2, 0.25) is 0 Å². The molecule has 152 valence electrons. The third-order valence-corrected chi connectivity index (χ3v) is 7.85. The highest BCUT2D eigenvalue weighted by Gasteiger charge is 2.35. The summed E-state index contributed by atoms with van der Waals surface area (Å²) in [6, 6.07) is 9.75. The quantitative estimate of drug-likeness (QED) is 0.468. The molecule has 0 saturated carbocycles. The van der Waals surface area contributed by atoms with Gasteiger partial charge in [0.05, 0.1) is 15.9 Å². The zero-order chi connectivity index (χ0) is 20.0. The third kappa shape index (κ3) is 3.67. The van der Waals surface area contributed by atoms with Crippen LogP contribution in [0.15, 0.2) is 35.7 Å². The molecule has 1 aromatic carbocycles. The molecule has 0 bridgehead atoms. The maximum Gasteiger partial charge on any atom is 0.242 e. The molecule has 5 rings (SSSR count). The maximum absolute atomic E-state index is 12.3. The van der Waals surface area contributed by atoms with E-state index in [1.165, 1.54) is 27.0 Å². The van der Waals surface area contributed by atoms with Crippen LogP contribution >= 0.6 is 22.7 Å². The van der Waals surface area contributed by atoms with E-state index < -0.39 is 6.23 Å². The highest BCUT2D eigenvalue weighted by Crippen LogP contribution is 2.40. The van der Waals surface area contributed by atoms with E-state index in [0.29, 0.717) is 5.92 Å². The lowest BCUT2D eigenvalue weighted by Gasteiger charge is -2.42. The zero-order valence-electron chi connectivity index (χ0n) is 15.9. The molecule has 8 heteroatoms. The molecule has 4 heterocycles. The Morgan fingerprint density at radius 2 is 2.17 bits per heavy atom. The molecule has 0 radical (unpaired) electrons. The van der Waals surface area contributed by atoms with Gasteiger partial charge in [0.15, 0.2) is 0 Å². The predicted octanol–water partition coefficient (Wildman–Crippen LogP) is 3.33. The van der Waals surface area contributed by atoms with Crippen molar-refractivity contribution in [2.24, 2.45) is 0 Å². The Balaban J connectivity index is 1.21. The first-order chi connectivity index (χ1) is 14.1. The molecular weight excluding hydrogens is 404 g/mol. The number of rotatable bonds is 5. The lowest BCUT2D eigenvalue weighted by molar-refractivity contribution is -0.117. The fraction of sp³-hybridized carbons (Fsp3) is 0.381. The Morgan fingerprint density at radius 1 is 1.31 bits per heavy atom. The Labute approximate surface area is 177 Å². The number of benzene rings is 1. The van der Waals surface area contributed by atoms with Crippen molar-refractivity contribution in [1.82, 2.24) is 10.2 Å². The van der Waals surface area contributed by atoms with Crippen molar-refractivity contribution in [1.29, 1.82) is 0 Å². The standard InChI is InChI=1S/C21H24N4O2S2/c22-13-3-4-17-14(8-13)15(11-28-17)12-9-25(10-12)21(27)18-5-6-19(29-18)24-20(26)16-2-1-7-23-16/h3-6,8,11-12,16,21,23,27H,1-2,7,9-10,22H2,(H,24,26)/t16-,21?/m0/s1. The molecule has 2 aliphatic heterocycles. The van der Waals surface area contributed by atoms with Crippen molar-refractivity contribution >= 4 is 49.4 Å². The van der Waals surface area contributed by atoms with Crippen molar-refractivity contribution in [3.63, 3.8) is 0 Å². The number of nitrogens with two attached hydrogens (primary N) is 1. The van der Waals surface area contributed by atoms with Gasteiger partial charge in [-0.15, -0.1) is 22.7 Å². The van der Waals surface area contributed by atoms with Gasteiger partial charge >= 0.3 is 0 Å². The number of aliphatic hydroxyl groups excluding tert-OH is 1. The van der Waals surface area contributed by atoms with Crippen LogP contribution in [0.4, 0.5) is 10.7 Å². The summed E-state index contributed by atoms with van der Waals surface area (Å²) >= 11 is 3.19. The molecule has 2 aromatic heterocycles. The maximum atomic E-state index is 12.3. The van der Waals surface area contributed by atoms with Gasteiger partial charge in [-0.25, -0.2) is 0 Å². The smallest absolute Gasteiger partial charge is 0.242 e. The van der Waals surface area contributed by atoms with Crippen LogP contribution in [0, 0.1) is 0 Å². The van der Waals surface area contributed by atoms with Crippen LogP contribution in [-0.2, 0) is 4.79 Å². The normalized spacial score (nSPS) is 21.3. The van der Waals surface area contributed by atoms with Gasteiger partial charge in [0, 0.05) is 29.4 Å². The first-order valence-electron chi connectivity index (χ1n) is 9.91. The minimum Gasteiger partial charge on any atom is -0.399 e. The molecule has 2 aliphatic rings. The predicted molar refractivity (Wildman–Crippen MR) is 119 cm³/mol. The number of amides is 1. The van der Waals surface area contributed by atoms with Gasteiger partial charge in [-0.05, 0) is 66.0 Å². The van der Waals surface area contributed by atoms with Crippen molar-refractivity contribution in [2.75, 3.05) is 30.7 Å². The Hall–Kier alpha value is -1.97. The minimum atomic E-state index is -0.638. The largest absolute Gasteiger partial charge is 0.399 e. The third-order valence-electron chi connectivity index (χ3n) is 5.83. The highest BCUT2D eigenvalue weighted by atomic mass is 32.1. The lowest BCUT2D eigenvalue weighted by Crippen LogP contribution is -2.46. The van der Waals surface area contributed by atoms with E-state index in [-0.39, 0.29) is 11.9 Å². The second-order valence-corrected chi connectivity index (χ2v) is 9.84. The summed E-state index contributed by atoms with van der Waals surface area (Å²) in [6.07, 6.45) is 1.28. The van der Waals surface area contributed by atoms with Crippen LogP contribution in [0.25, 0.3) is 10.1 Å². The zero-order valence-corrected chi connectivity index (χ0v) is 17.6. The van der Waals surface area contributed by atoms with Crippen LogP contribution in [0.5, 0.6) is 0 Å². The first kappa shape index (κ1) is 19.0. The Kier molecular flexibility index (Phi) is 5.05. The summed E-state index contributed by atoms with van der Waals surface area (Å²) in [5, 5.41) is 21.2. The number of nitrogen functional groups attached to an aromatic ring is 1. The van der Waals surface area contributed by atoms with Crippen molar-refractivity contribution in [3.8, 4) is 0 Å². The number of carbonyl (C=O) groups is 1. The summed E-state index contributed by atoms with van der Waals surface area (Å²) < 4.78 is 1.25. The van der Waals surface area contributed by atoms with E-state index in [0.717, 1.165) is 48.0 Å². The monoisotopic (exact) mass is 428 g/mol. The summed E-state index contributed by atoms with van der Waals surface area (Å²) in [4.78, 5) is 15.2. The molecule has 0 aliphatic carbocycles. The van der Waals surface area contributed by atoms with Gasteiger partial charge < -0.3 is 21.5 Å². The van der Waals surface area contributed by atoms with E-state index in [4.69, 9.17) is 5.73 Å². The molecular formula is C21H24N4O2S2.